The van der Waals surface area contributed by atoms with Crippen LogP contribution in [0.2, 0.25) is 0 Å². The summed E-state index contributed by atoms with van der Waals surface area (Å²) in [4.78, 5) is 2.13. The van der Waals surface area contributed by atoms with Gasteiger partial charge in [0.25, 0.3) is 0 Å². The summed E-state index contributed by atoms with van der Waals surface area (Å²) in [6, 6.07) is 7.23. The molecule has 0 aliphatic heterocycles. The average Bonchev–Trinajstić information content (AvgIpc) is 2.33. The predicted molar refractivity (Wildman–Crippen MR) is 73.7 cm³/mol. The minimum atomic E-state index is -0.139. The number of nitrogens with two attached hydrogens (primary N) is 1. The standard InChI is InChI=1S/C13H21FN2S/c1-16(12(9-15)7-8-17-2)10-11-5-3-4-6-13(11)14/h3-6,12H,7-10,15H2,1-2H3. The molecule has 0 aliphatic carbocycles. The zero-order chi connectivity index (χ0) is 12.7. The summed E-state index contributed by atoms with van der Waals surface area (Å²) < 4.78 is 13.5. The van der Waals surface area contributed by atoms with Crippen LogP contribution in [0.15, 0.2) is 24.3 Å². The van der Waals surface area contributed by atoms with Gasteiger partial charge in [0.15, 0.2) is 0 Å². The van der Waals surface area contributed by atoms with Crippen molar-refractivity contribution in [2.24, 2.45) is 5.73 Å². The van der Waals surface area contributed by atoms with Gasteiger partial charge in [0.2, 0.25) is 0 Å². The van der Waals surface area contributed by atoms with Crippen LogP contribution in [0.1, 0.15) is 12.0 Å². The largest absolute Gasteiger partial charge is 0.329 e. The van der Waals surface area contributed by atoms with E-state index in [0.29, 0.717) is 19.1 Å². The van der Waals surface area contributed by atoms with E-state index in [0.717, 1.165) is 17.7 Å². The number of likely N-dealkylation sites (N-methyl/N-ethyl adjacent to an activating group) is 1. The molecule has 0 radical (unpaired) electrons. The fourth-order valence-electron chi connectivity index (χ4n) is 1.80. The lowest BCUT2D eigenvalue weighted by molar-refractivity contribution is 0.231. The van der Waals surface area contributed by atoms with Gasteiger partial charge in [0.1, 0.15) is 5.82 Å². The Balaban J connectivity index is 2.57. The third kappa shape index (κ3) is 4.66. The summed E-state index contributed by atoms with van der Waals surface area (Å²) in [5.41, 5.74) is 6.50. The lowest BCUT2D eigenvalue weighted by Gasteiger charge is -2.27. The van der Waals surface area contributed by atoms with Gasteiger partial charge in [0.05, 0.1) is 0 Å². The zero-order valence-corrected chi connectivity index (χ0v) is 11.3. The number of hydrogen-bond acceptors (Lipinski definition) is 3. The highest BCUT2D eigenvalue weighted by Gasteiger charge is 2.14. The molecular formula is C13H21FN2S. The van der Waals surface area contributed by atoms with Gasteiger partial charge in [-0.2, -0.15) is 11.8 Å². The number of hydrogen-bond donors (Lipinski definition) is 1. The summed E-state index contributed by atoms with van der Waals surface area (Å²) >= 11 is 1.82. The lowest BCUT2D eigenvalue weighted by Crippen LogP contribution is -2.38. The normalized spacial score (nSPS) is 13.0. The molecule has 96 valence electrons. The molecule has 0 saturated heterocycles. The molecule has 2 nitrogen and oxygen atoms in total. The molecule has 2 N–H and O–H groups in total. The fourth-order valence-corrected chi connectivity index (χ4v) is 2.30. The topological polar surface area (TPSA) is 29.3 Å². The van der Waals surface area contributed by atoms with Gasteiger partial charge in [-0.25, -0.2) is 4.39 Å². The highest BCUT2D eigenvalue weighted by molar-refractivity contribution is 7.98. The van der Waals surface area contributed by atoms with E-state index in [1.807, 2.05) is 30.9 Å². The third-order valence-corrected chi connectivity index (χ3v) is 3.57. The van der Waals surface area contributed by atoms with Crippen LogP contribution in [0.5, 0.6) is 0 Å². The van der Waals surface area contributed by atoms with Crippen molar-refractivity contribution in [2.75, 3.05) is 25.6 Å². The zero-order valence-electron chi connectivity index (χ0n) is 10.5. The van der Waals surface area contributed by atoms with Crippen molar-refractivity contribution < 1.29 is 4.39 Å². The van der Waals surface area contributed by atoms with Crippen molar-refractivity contribution in [3.05, 3.63) is 35.6 Å². The van der Waals surface area contributed by atoms with Crippen molar-refractivity contribution in [2.45, 2.75) is 19.0 Å². The molecule has 1 atom stereocenters. The highest BCUT2D eigenvalue weighted by atomic mass is 32.2. The first-order valence-corrected chi connectivity index (χ1v) is 7.21. The van der Waals surface area contributed by atoms with E-state index in [1.54, 1.807) is 6.07 Å². The number of nitrogens with zero attached hydrogens (tertiary/aromatic N) is 1. The van der Waals surface area contributed by atoms with Crippen molar-refractivity contribution >= 4 is 11.8 Å². The Bertz CT molecular complexity index is 333. The van der Waals surface area contributed by atoms with Crippen molar-refractivity contribution in [1.82, 2.24) is 4.90 Å². The van der Waals surface area contributed by atoms with Crippen molar-refractivity contribution in [3.8, 4) is 0 Å². The van der Waals surface area contributed by atoms with Gasteiger partial charge in [-0.05, 0) is 31.5 Å². The predicted octanol–water partition coefficient (Wildman–Crippen LogP) is 2.34. The number of thioether (sulfide) groups is 1. The van der Waals surface area contributed by atoms with Crippen LogP contribution in [-0.4, -0.2) is 36.5 Å². The first kappa shape index (κ1) is 14.5. The van der Waals surface area contributed by atoms with Gasteiger partial charge in [-0.3, -0.25) is 4.90 Å². The van der Waals surface area contributed by atoms with E-state index >= 15 is 0 Å². The molecule has 0 amide bonds. The second-order valence-corrected chi connectivity index (χ2v) is 5.16. The van der Waals surface area contributed by atoms with Crippen molar-refractivity contribution in [3.63, 3.8) is 0 Å². The molecule has 1 rings (SSSR count). The van der Waals surface area contributed by atoms with Crippen molar-refractivity contribution in [1.29, 1.82) is 0 Å². The van der Waals surface area contributed by atoms with Gasteiger partial charge >= 0.3 is 0 Å². The first-order valence-electron chi connectivity index (χ1n) is 5.81. The summed E-state index contributed by atoms with van der Waals surface area (Å²) in [5, 5.41) is 0. The van der Waals surface area contributed by atoms with E-state index < -0.39 is 0 Å². The summed E-state index contributed by atoms with van der Waals surface area (Å²) in [5.74, 6) is 0.948. The summed E-state index contributed by atoms with van der Waals surface area (Å²) in [7, 11) is 2.00. The van der Waals surface area contributed by atoms with Crippen LogP contribution in [0.3, 0.4) is 0 Å². The average molecular weight is 256 g/mol. The van der Waals surface area contributed by atoms with E-state index in [9.17, 15) is 4.39 Å². The lowest BCUT2D eigenvalue weighted by atomic mass is 10.1. The molecule has 0 aliphatic rings. The second kappa shape index (κ2) is 7.69. The molecule has 0 bridgehead atoms. The Hall–Kier alpha value is -0.580. The molecule has 1 aromatic carbocycles. The number of rotatable bonds is 7. The van der Waals surface area contributed by atoms with Gasteiger partial charge < -0.3 is 5.73 Å². The molecule has 17 heavy (non-hydrogen) atoms. The number of benzene rings is 1. The van der Waals surface area contributed by atoms with E-state index in [1.165, 1.54) is 6.07 Å². The molecule has 0 saturated carbocycles. The van der Waals surface area contributed by atoms with Crippen LogP contribution < -0.4 is 5.73 Å². The molecule has 0 spiro atoms. The second-order valence-electron chi connectivity index (χ2n) is 4.18. The van der Waals surface area contributed by atoms with Crippen LogP contribution >= 0.6 is 11.8 Å². The van der Waals surface area contributed by atoms with Gasteiger partial charge in [0, 0.05) is 24.7 Å². The molecular weight excluding hydrogens is 235 g/mol. The maximum absolute atomic E-state index is 13.5. The van der Waals surface area contributed by atoms with E-state index in [4.69, 9.17) is 5.73 Å². The van der Waals surface area contributed by atoms with E-state index in [2.05, 4.69) is 11.2 Å². The van der Waals surface area contributed by atoms with Gasteiger partial charge in [-0.15, -0.1) is 0 Å². The highest BCUT2D eigenvalue weighted by Crippen LogP contribution is 2.13. The Morgan fingerprint density at radius 2 is 2.12 bits per heavy atom. The molecule has 4 heteroatoms. The molecule has 1 unspecified atom stereocenters. The Morgan fingerprint density at radius 3 is 2.71 bits per heavy atom. The van der Waals surface area contributed by atoms with Crippen LogP contribution in [0.25, 0.3) is 0 Å². The molecule has 1 aromatic rings. The van der Waals surface area contributed by atoms with Gasteiger partial charge in [-0.1, -0.05) is 18.2 Å². The quantitative estimate of drug-likeness (QED) is 0.812. The number of halogens is 1. The Morgan fingerprint density at radius 1 is 1.41 bits per heavy atom. The van der Waals surface area contributed by atoms with Crippen LogP contribution in [0, 0.1) is 5.82 Å². The minimum absolute atomic E-state index is 0.139. The molecule has 0 heterocycles. The van der Waals surface area contributed by atoms with Crippen LogP contribution in [0.4, 0.5) is 4.39 Å². The minimum Gasteiger partial charge on any atom is -0.329 e. The summed E-state index contributed by atoms with van der Waals surface area (Å²) in [6.07, 6.45) is 3.13. The summed E-state index contributed by atoms with van der Waals surface area (Å²) in [6.45, 7) is 1.23. The third-order valence-electron chi connectivity index (χ3n) is 2.93. The van der Waals surface area contributed by atoms with E-state index in [-0.39, 0.29) is 5.82 Å². The van der Waals surface area contributed by atoms with Crippen LogP contribution in [-0.2, 0) is 6.54 Å². The first-order chi connectivity index (χ1) is 8.19. The monoisotopic (exact) mass is 256 g/mol. The maximum Gasteiger partial charge on any atom is 0.127 e. The smallest absolute Gasteiger partial charge is 0.127 e. The Labute approximate surface area is 107 Å². The maximum atomic E-state index is 13.5. The molecule has 0 aromatic heterocycles. The fraction of sp³-hybridized carbons (Fsp3) is 0.538. The Kier molecular flexibility index (Phi) is 6.55. The molecule has 0 fully saturated rings. The SMILES string of the molecule is CSCCC(CN)N(C)Cc1ccccc1F.